The Labute approximate surface area is 121 Å². The molecule has 1 aromatic carbocycles. The average Bonchev–Trinajstić information content (AvgIpc) is 2.75. The van der Waals surface area contributed by atoms with Gasteiger partial charge in [0.25, 0.3) is 0 Å². The van der Waals surface area contributed by atoms with Gasteiger partial charge in [0.1, 0.15) is 11.5 Å². The molecule has 0 fully saturated rings. The van der Waals surface area contributed by atoms with Crippen molar-refractivity contribution in [3.63, 3.8) is 0 Å². The van der Waals surface area contributed by atoms with Crippen LogP contribution in [0.25, 0.3) is 16.7 Å². The molecule has 0 spiro atoms. The largest absolute Gasteiger partial charge is 0.224 e. The van der Waals surface area contributed by atoms with Gasteiger partial charge in [-0.3, -0.25) is 0 Å². The Morgan fingerprint density at radius 3 is 2.78 bits per heavy atom. The molecule has 2 aromatic heterocycles. The molecule has 2 heterocycles. The third-order valence-corrected chi connectivity index (χ3v) is 3.71. The summed E-state index contributed by atoms with van der Waals surface area (Å²) in [5.74, 6) is 0. The molecule has 0 aliphatic carbocycles. The molecule has 3 aromatic rings. The summed E-state index contributed by atoms with van der Waals surface area (Å²) in [4.78, 5) is 8.10. The van der Waals surface area contributed by atoms with Gasteiger partial charge in [0, 0.05) is 4.47 Å². The molecule has 0 atom stereocenters. The summed E-state index contributed by atoms with van der Waals surface area (Å²) < 4.78 is 2.46. The summed E-state index contributed by atoms with van der Waals surface area (Å²) in [5.41, 5.74) is 1.34. The molecule has 0 amide bonds. The zero-order valence-electron chi connectivity index (χ0n) is 8.81. The van der Waals surface area contributed by atoms with E-state index >= 15 is 0 Å². The smallest absolute Gasteiger partial charge is 0.167 e. The van der Waals surface area contributed by atoms with Crippen LogP contribution in [0.5, 0.6) is 0 Å². The van der Waals surface area contributed by atoms with Crippen molar-refractivity contribution in [2.45, 2.75) is 0 Å². The van der Waals surface area contributed by atoms with Crippen molar-refractivity contribution in [2.75, 3.05) is 0 Å². The SMILES string of the molecule is Clc1cccc(Br)c1-n1ncc2c(Cl)ncnc21. The second-order valence-electron chi connectivity index (χ2n) is 3.53. The quantitative estimate of drug-likeness (QED) is 0.630. The Morgan fingerprint density at radius 2 is 2.00 bits per heavy atom. The highest BCUT2D eigenvalue weighted by atomic mass is 79.9. The third kappa shape index (κ3) is 1.79. The first-order valence-electron chi connectivity index (χ1n) is 4.97. The number of benzene rings is 1. The van der Waals surface area contributed by atoms with Crippen LogP contribution in [0.3, 0.4) is 0 Å². The number of hydrogen-bond donors (Lipinski definition) is 0. The Bertz CT molecular complexity index is 721. The van der Waals surface area contributed by atoms with Gasteiger partial charge in [0.15, 0.2) is 5.65 Å². The molecule has 3 rings (SSSR count). The van der Waals surface area contributed by atoms with Crippen LogP contribution in [-0.2, 0) is 0 Å². The van der Waals surface area contributed by atoms with Crippen molar-refractivity contribution in [2.24, 2.45) is 0 Å². The fraction of sp³-hybridized carbons (Fsp3) is 0. The van der Waals surface area contributed by atoms with Crippen molar-refractivity contribution < 1.29 is 0 Å². The van der Waals surface area contributed by atoms with Crippen LogP contribution in [0.4, 0.5) is 0 Å². The summed E-state index contributed by atoms with van der Waals surface area (Å²) >= 11 is 15.6. The van der Waals surface area contributed by atoms with E-state index in [0.29, 0.717) is 21.2 Å². The van der Waals surface area contributed by atoms with Gasteiger partial charge >= 0.3 is 0 Å². The lowest BCUT2D eigenvalue weighted by atomic mass is 10.3. The molecule has 0 N–H and O–H groups in total. The monoisotopic (exact) mass is 342 g/mol. The van der Waals surface area contributed by atoms with E-state index in [1.165, 1.54) is 6.33 Å². The van der Waals surface area contributed by atoms with Crippen LogP contribution >= 0.6 is 39.1 Å². The van der Waals surface area contributed by atoms with E-state index in [1.807, 2.05) is 12.1 Å². The maximum atomic E-state index is 6.19. The second kappa shape index (κ2) is 4.50. The molecular formula is C11H5BrCl2N4. The van der Waals surface area contributed by atoms with Crippen LogP contribution in [-0.4, -0.2) is 19.7 Å². The normalized spacial score (nSPS) is 11.1. The van der Waals surface area contributed by atoms with Crippen LogP contribution < -0.4 is 0 Å². The first-order chi connectivity index (χ1) is 8.68. The van der Waals surface area contributed by atoms with Gasteiger partial charge in [-0.2, -0.15) is 5.10 Å². The minimum absolute atomic E-state index is 0.370. The fourth-order valence-electron chi connectivity index (χ4n) is 1.67. The summed E-state index contributed by atoms with van der Waals surface area (Å²) in [6.07, 6.45) is 3.01. The van der Waals surface area contributed by atoms with Crippen molar-refractivity contribution in [3.8, 4) is 5.69 Å². The zero-order chi connectivity index (χ0) is 12.7. The molecule has 0 unspecified atom stereocenters. The molecule has 0 aliphatic rings. The standard InChI is InChI=1S/C11H5BrCl2N4/c12-7-2-1-3-8(13)9(7)18-11-6(4-17-18)10(14)15-5-16-11/h1-5H. The lowest BCUT2D eigenvalue weighted by Crippen LogP contribution is -1.99. The van der Waals surface area contributed by atoms with E-state index in [1.54, 1.807) is 16.9 Å². The van der Waals surface area contributed by atoms with Crippen LogP contribution in [0.2, 0.25) is 10.2 Å². The summed E-state index contributed by atoms with van der Waals surface area (Å²) in [6, 6.07) is 5.53. The lowest BCUT2D eigenvalue weighted by Gasteiger charge is -2.07. The molecule has 90 valence electrons. The Kier molecular flexibility index (Phi) is 2.97. The number of fused-ring (bicyclic) bond motifs is 1. The Morgan fingerprint density at radius 1 is 1.17 bits per heavy atom. The van der Waals surface area contributed by atoms with Gasteiger partial charge in [-0.15, -0.1) is 0 Å². The molecule has 4 nitrogen and oxygen atoms in total. The van der Waals surface area contributed by atoms with Crippen LogP contribution in [0, 0.1) is 0 Å². The van der Waals surface area contributed by atoms with Gasteiger partial charge in [0.05, 0.1) is 22.3 Å². The van der Waals surface area contributed by atoms with Crippen LogP contribution in [0.1, 0.15) is 0 Å². The molecule has 0 aliphatic heterocycles. The molecule has 0 saturated carbocycles. The first-order valence-corrected chi connectivity index (χ1v) is 6.52. The van der Waals surface area contributed by atoms with Crippen molar-refractivity contribution in [1.29, 1.82) is 0 Å². The number of halogens is 3. The zero-order valence-corrected chi connectivity index (χ0v) is 11.9. The maximum absolute atomic E-state index is 6.19. The van der Waals surface area contributed by atoms with E-state index in [2.05, 4.69) is 31.0 Å². The van der Waals surface area contributed by atoms with E-state index in [9.17, 15) is 0 Å². The number of aromatic nitrogens is 4. The number of nitrogens with zero attached hydrogens (tertiary/aromatic N) is 4. The molecule has 0 saturated heterocycles. The van der Waals surface area contributed by atoms with Crippen molar-refractivity contribution in [3.05, 3.63) is 45.4 Å². The van der Waals surface area contributed by atoms with Gasteiger partial charge in [-0.05, 0) is 28.1 Å². The van der Waals surface area contributed by atoms with E-state index < -0.39 is 0 Å². The highest BCUT2D eigenvalue weighted by Crippen LogP contribution is 2.31. The fourth-order valence-corrected chi connectivity index (χ4v) is 2.75. The minimum atomic E-state index is 0.370. The van der Waals surface area contributed by atoms with Gasteiger partial charge in [-0.1, -0.05) is 29.3 Å². The minimum Gasteiger partial charge on any atom is -0.224 e. The maximum Gasteiger partial charge on any atom is 0.167 e. The predicted molar refractivity (Wildman–Crippen MR) is 74.4 cm³/mol. The number of rotatable bonds is 1. The Balaban J connectivity index is 2.36. The summed E-state index contributed by atoms with van der Waals surface area (Å²) in [6.45, 7) is 0. The second-order valence-corrected chi connectivity index (χ2v) is 5.15. The van der Waals surface area contributed by atoms with Gasteiger partial charge < -0.3 is 0 Å². The summed E-state index contributed by atoms with van der Waals surface area (Å²) in [5, 5.41) is 5.89. The molecule has 18 heavy (non-hydrogen) atoms. The van der Waals surface area contributed by atoms with Crippen LogP contribution in [0.15, 0.2) is 35.2 Å². The van der Waals surface area contributed by atoms with E-state index in [4.69, 9.17) is 23.2 Å². The first kappa shape index (κ1) is 11.9. The molecular weight excluding hydrogens is 339 g/mol. The summed E-state index contributed by atoms with van der Waals surface area (Å²) in [7, 11) is 0. The number of para-hydroxylation sites is 1. The van der Waals surface area contributed by atoms with E-state index in [-0.39, 0.29) is 0 Å². The predicted octanol–water partition coefficient (Wildman–Crippen LogP) is 3.88. The number of hydrogen-bond acceptors (Lipinski definition) is 3. The van der Waals surface area contributed by atoms with Crippen molar-refractivity contribution >= 4 is 50.2 Å². The third-order valence-electron chi connectivity index (χ3n) is 2.47. The molecule has 0 radical (unpaired) electrons. The van der Waals surface area contributed by atoms with Crippen molar-refractivity contribution in [1.82, 2.24) is 19.7 Å². The highest BCUT2D eigenvalue weighted by molar-refractivity contribution is 9.10. The van der Waals surface area contributed by atoms with E-state index in [0.717, 1.165) is 10.2 Å². The lowest BCUT2D eigenvalue weighted by molar-refractivity contribution is 0.891. The van der Waals surface area contributed by atoms with Gasteiger partial charge in [0.2, 0.25) is 0 Å². The molecule has 0 bridgehead atoms. The Hall–Kier alpha value is -1.17. The molecule has 7 heteroatoms. The van der Waals surface area contributed by atoms with Gasteiger partial charge in [-0.25, -0.2) is 14.6 Å². The average molecular weight is 344 g/mol. The topological polar surface area (TPSA) is 43.6 Å². The highest BCUT2D eigenvalue weighted by Gasteiger charge is 2.14.